The lowest BCUT2D eigenvalue weighted by Crippen LogP contribution is -2.45. The number of hydrogen-bond donors (Lipinski definition) is 2. The van der Waals surface area contributed by atoms with E-state index in [0.717, 1.165) is 12.0 Å². The predicted molar refractivity (Wildman–Crippen MR) is 136 cm³/mol. The molecular weight excluding hydrogens is 476 g/mol. The highest BCUT2D eigenvalue weighted by Gasteiger charge is 2.33. The van der Waals surface area contributed by atoms with E-state index < -0.39 is 17.5 Å². The molecule has 0 aliphatic carbocycles. The molecular formula is C27H28N4O6. The molecule has 37 heavy (non-hydrogen) atoms. The van der Waals surface area contributed by atoms with Crippen LogP contribution in [0.3, 0.4) is 0 Å². The van der Waals surface area contributed by atoms with Crippen molar-refractivity contribution in [3.05, 3.63) is 58.1 Å². The maximum Gasteiger partial charge on any atom is 0.262 e. The number of carbonyl (C=O) groups excluding carboxylic acids is 3. The minimum Gasteiger partial charge on any atom is -0.489 e. The van der Waals surface area contributed by atoms with Crippen LogP contribution in [-0.2, 0) is 20.8 Å². The molecule has 2 aliphatic rings. The van der Waals surface area contributed by atoms with Crippen LogP contribution in [-0.4, -0.2) is 39.5 Å². The highest BCUT2D eigenvalue weighted by Crippen LogP contribution is 2.41. The number of amides is 3. The summed E-state index contributed by atoms with van der Waals surface area (Å²) in [6, 6.07) is 9.84. The van der Waals surface area contributed by atoms with E-state index >= 15 is 0 Å². The van der Waals surface area contributed by atoms with Crippen LogP contribution in [0.4, 0.5) is 5.69 Å². The maximum absolute atomic E-state index is 13.3. The van der Waals surface area contributed by atoms with E-state index in [1.165, 1.54) is 4.57 Å². The van der Waals surface area contributed by atoms with Crippen molar-refractivity contribution in [2.75, 3.05) is 11.9 Å². The van der Waals surface area contributed by atoms with Crippen LogP contribution in [0.1, 0.15) is 50.5 Å². The molecule has 1 aromatic heterocycles. The third kappa shape index (κ3) is 4.78. The zero-order valence-electron chi connectivity index (χ0n) is 20.9. The first-order valence-electron chi connectivity index (χ1n) is 12.2. The number of benzene rings is 2. The number of para-hydroxylation sites is 2. The number of nitrogens with one attached hydrogen (secondary N) is 2. The highest BCUT2D eigenvalue weighted by molar-refractivity contribution is 6.01. The van der Waals surface area contributed by atoms with Gasteiger partial charge in [-0.15, -0.1) is 0 Å². The number of fused-ring (bicyclic) bond motifs is 2. The van der Waals surface area contributed by atoms with Crippen LogP contribution in [0.15, 0.2) is 41.2 Å². The van der Waals surface area contributed by atoms with E-state index in [0.29, 0.717) is 28.5 Å². The first-order valence-corrected chi connectivity index (χ1v) is 12.2. The fraction of sp³-hybridized carbons (Fsp3) is 0.370. The third-order valence-electron chi connectivity index (χ3n) is 6.55. The lowest BCUT2D eigenvalue weighted by Gasteiger charge is -2.24. The lowest BCUT2D eigenvalue weighted by molar-refractivity contribution is -0.135. The van der Waals surface area contributed by atoms with E-state index in [2.05, 4.69) is 15.6 Å². The summed E-state index contributed by atoms with van der Waals surface area (Å²) < 4.78 is 13.2. The molecule has 10 nitrogen and oxygen atoms in total. The Morgan fingerprint density at radius 1 is 1.22 bits per heavy atom. The van der Waals surface area contributed by atoms with Crippen LogP contribution in [0.2, 0.25) is 0 Å². The summed E-state index contributed by atoms with van der Waals surface area (Å²) in [6.07, 6.45) is 1.24. The van der Waals surface area contributed by atoms with Gasteiger partial charge < -0.3 is 14.8 Å². The molecule has 0 bridgehead atoms. The van der Waals surface area contributed by atoms with Gasteiger partial charge in [0.15, 0.2) is 11.5 Å². The molecule has 1 saturated heterocycles. The van der Waals surface area contributed by atoms with E-state index in [1.54, 1.807) is 25.1 Å². The number of carbonyl (C=O) groups is 3. The van der Waals surface area contributed by atoms with Gasteiger partial charge in [0.2, 0.25) is 17.7 Å². The van der Waals surface area contributed by atoms with E-state index in [4.69, 9.17) is 9.47 Å². The number of ether oxygens (including phenoxy) is 2. The fourth-order valence-electron chi connectivity index (χ4n) is 4.89. The summed E-state index contributed by atoms with van der Waals surface area (Å²) in [6.45, 7) is 5.80. The SMILES string of the molecule is Cc1nc2c(NC(=O)CCOc3cccc4c3OC(C)(C)C4)cccc2c(=O)n1C1CCC(=O)NC1=O. The predicted octanol–water partition coefficient (Wildman–Crippen LogP) is 2.80. The van der Waals surface area contributed by atoms with Gasteiger partial charge in [-0.05, 0) is 45.4 Å². The minimum absolute atomic E-state index is 0.0791. The fourth-order valence-corrected chi connectivity index (χ4v) is 4.89. The Kier molecular flexibility index (Phi) is 6.18. The number of aromatic nitrogens is 2. The first-order chi connectivity index (χ1) is 17.6. The molecule has 5 rings (SSSR count). The number of nitrogens with zero attached hydrogens (tertiary/aromatic N) is 2. The summed E-state index contributed by atoms with van der Waals surface area (Å²) in [5, 5.41) is 5.36. The van der Waals surface area contributed by atoms with Gasteiger partial charge in [0, 0.05) is 18.4 Å². The number of anilines is 1. The van der Waals surface area contributed by atoms with Gasteiger partial charge >= 0.3 is 0 Å². The smallest absolute Gasteiger partial charge is 0.262 e. The summed E-state index contributed by atoms with van der Waals surface area (Å²) in [7, 11) is 0. The quantitative estimate of drug-likeness (QED) is 0.494. The number of hydrogen-bond acceptors (Lipinski definition) is 7. The molecule has 2 aliphatic heterocycles. The topological polar surface area (TPSA) is 129 Å². The Hall–Kier alpha value is -4.21. The Bertz CT molecular complexity index is 1490. The van der Waals surface area contributed by atoms with Gasteiger partial charge in [0.05, 0.1) is 24.1 Å². The summed E-state index contributed by atoms with van der Waals surface area (Å²) in [4.78, 5) is 54.4. The largest absolute Gasteiger partial charge is 0.489 e. The van der Waals surface area contributed by atoms with Crippen molar-refractivity contribution < 1.29 is 23.9 Å². The molecule has 2 aromatic carbocycles. The first kappa shape index (κ1) is 24.5. The standard InChI is InChI=1S/C27H28N4O6/c1-15-28-23-17(26(35)31(15)19-10-11-21(32)30-25(19)34)7-5-8-18(23)29-22(33)12-13-36-20-9-4-6-16-14-27(2,3)37-24(16)20/h4-9,19H,10-14H2,1-3H3,(H,29,33)(H,30,32,34). The Labute approximate surface area is 213 Å². The van der Waals surface area contributed by atoms with E-state index in [1.807, 2.05) is 32.0 Å². The highest BCUT2D eigenvalue weighted by atomic mass is 16.5. The molecule has 1 unspecified atom stereocenters. The molecule has 0 saturated carbocycles. The molecule has 1 fully saturated rings. The van der Waals surface area contributed by atoms with Crippen molar-refractivity contribution in [2.24, 2.45) is 0 Å². The molecule has 3 aromatic rings. The van der Waals surface area contributed by atoms with Crippen molar-refractivity contribution in [3.63, 3.8) is 0 Å². The zero-order valence-corrected chi connectivity index (χ0v) is 20.9. The third-order valence-corrected chi connectivity index (χ3v) is 6.55. The number of imide groups is 1. The van der Waals surface area contributed by atoms with Gasteiger partial charge in [0.1, 0.15) is 23.0 Å². The van der Waals surface area contributed by atoms with E-state index in [9.17, 15) is 19.2 Å². The number of rotatable bonds is 6. The number of aryl methyl sites for hydroxylation is 1. The second kappa shape index (κ2) is 9.34. The van der Waals surface area contributed by atoms with Gasteiger partial charge in [-0.25, -0.2) is 4.98 Å². The monoisotopic (exact) mass is 504 g/mol. The Balaban J connectivity index is 1.30. The van der Waals surface area contributed by atoms with E-state index in [-0.39, 0.29) is 48.7 Å². The molecule has 1 atom stereocenters. The van der Waals surface area contributed by atoms with Crippen LogP contribution in [0.25, 0.3) is 10.9 Å². The van der Waals surface area contributed by atoms with Gasteiger partial charge in [-0.3, -0.25) is 29.1 Å². The second-order valence-electron chi connectivity index (χ2n) is 9.93. The zero-order chi connectivity index (χ0) is 26.3. The normalized spacial score (nSPS) is 18.2. The van der Waals surface area contributed by atoms with Gasteiger partial charge in [0.25, 0.3) is 5.56 Å². The molecule has 192 valence electrons. The average Bonchev–Trinajstić information content (AvgIpc) is 3.15. The molecule has 2 N–H and O–H groups in total. The van der Waals surface area contributed by atoms with Crippen LogP contribution in [0, 0.1) is 6.92 Å². The van der Waals surface area contributed by atoms with Crippen molar-refractivity contribution in [1.82, 2.24) is 14.9 Å². The maximum atomic E-state index is 13.3. The lowest BCUT2D eigenvalue weighted by atomic mass is 10.0. The molecule has 3 amide bonds. The summed E-state index contributed by atoms with van der Waals surface area (Å²) >= 11 is 0. The van der Waals surface area contributed by atoms with Crippen molar-refractivity contribution >= 4 is 34.3 Å². The van der Waals surface area contributed by atoms with Crippen molar-refractivity contribution in [1.29, 1.82) is 0 Å². The van der Waals surface area contributed by atoms with Crippen LogP contribution >= 0.6 is 0 Å². The van der Waals surface area contributed by atoms with Crippen molar-refractivity contribution in [2.45, 2.75) is 58.1 Å². The molecule has 0 radical (unpaired) electrons. The molecule has 0 spiro atoms. The van der Waals surface area contributed by atoms with Gasteiger partial charge in [-0.1, -0.05) is 18.2 Å². The van der Waals surface area contributed by atoms with Crippen LogP contribution in [0.5, 0.6) is 11.5 Å². The Morgan fingerprint density at radius 2 is 2.00 bits per heavy atom. The van der Waals surface area contributed by atoms with Crippen molar-refractivity contribution in [3.8, 4) is 11.5 Å². The van der Waals surface area contributed by atoms with Crippen LogP contribution < -0.4 is 25.7 Å². The minimum atomic E-state index is -0.813. The second-order valence-corrected chi connectivity index (χ2v) is 9.93. The molecule has 3 heterocycles. The molecule has 10 heteroatoms. The number of piperidine rings is 1. The van der Waals surface area contributed by atoms with Gasteiger partial charge in [-0.2, -0.15) is 0 Å². The summed E-state index contributed by atoms with van der Waals surface area (Å²) in [5.41, 5.74) is 1.10. The average molecular weight is 505 g/mol. The summed E-state index contributed by atoms with van der Waals surface area (Å²) in [5.74, 6) is 0.460. The Morgan fingerprint density at radius 3 is 2.78 bits per heavy atom.